The molecule has 7 heteroatoms. The van der Waals surface area contributed by atoms with Crippen LogP contribution in [0.5, 0.6) is 0 Å². The van der Waals surface area contributed by atoms with Gasteiger partial charge in [0.05, 0.1) is 18.8 Å². The molecule has 0 aliphatic carbocycles. The first kappa shape index (κ1) is 15.0. The average molecular weight is 312 g/mol. The lowest BCUT2D eigenvalue weighted by Crippen LogP contribution is -2.17. The summed E-state index contributed by atoms with van der Waals surface area (Å²) in [7, 11) is 0. The van der Waals surface area contributed by atoms with Gasteiger partial charge >= 0.3 is 0 Å². The summed E-state index contributed by atoms with van der Waals surface area (Å²) in [6, 6.07) is 12.9. The molecule has 0 bridgehead atoms. The lowest BCUT2D eigenvalue weighted by molar-refractivity contribution is 0.101. The van der Waals surface area contributed by atoms with Crippen LogP contribution in [0.1, 0.15) is 16.2 Å². The average Bonchev–Trinajstić information content (AvgIpc) is 3.16. The van der Waals surface area contributed by atoms with Crippen molar-refractivity contribution >= 4 is 11.7 Å². The number of hydrogen-bond donors (Lipinski definition) is 2. The Balaban J connectivity index is 1.88. The van der Waals surface area contributed by atoms with Crippen molar-refractivity contribution in [2.75, 3.05) is 11.9 Å². The van der Waals surface area contributed by atoms with E-state index in [0.29, 0.717) is 17.3 Å². The molecule has 2 N–H and O–H groups in total. The number of nitrogens with one attached hydrogen (secondary N) is 1. The van der Waals surface area contributed by atoms with Crippen molar-refractivity contribution in [1.29, 1.82) is 0 Å². The number of aryl methyl sites for hydroxylation is 1. The van der Waals surface area contributed by atoms with Gasteiger partial charge in [-0.3, -0.25) is 4.79 Å². The molecule has 3 rings (SSSR count). The summed E-state index contributed by atoms with van der Waals surface area (Å²) in [5.41, 5.74) is 1.84. The molecular formula is C16H16N4O3. The molecule has 3 aromatic rings. The fraction of sp³-hybridized carbons (Fsp3) is 0.188. The Hall–Kier alpha value is -2.93. The van der Waals surface area contributed by atoms with Crippen LogP contribution in [0.15, 0.2) is 47.0 Å². The number of anilines is 1. The van der Waals surface area contributed by atoms with Gasteiger partial charge in [0, 0.05) is 17.7 Å². The minimum absolute atomic E-state index is 0.0815. The van der Waals surface area contributed by atoms with E-state index in [2.05, 4.69) is 15.6 Å². The van der Waals surface area contributed by atoms with Crippen LogP contribution in [0.25, 0.3) is 11.3 Å². The molecule has 0 spiro atoms. The Morgan fingerprint density at radius 3 is 2.74 bits per heavy atom. The van der Waals surface area contributed by atoms with Gasteiger partial charge in [0.2, 0.25) is 0 Å². The van der Waals surface area contributed by atoms with Crippen LogP contribution in [0, 0.1) is 6.92 Å². The first-order chi connectivity index (χ1) is 11.2. The second-order valence-electron chi connectivity index (χ2n) is 5.00. The van der Waals surface area contributed by atoms with Crippen LogP contribution in [-0.4, -0.2) is 32.6 Å². The summed E-state index contributed by atoms with van der Waals surface area (Å²) < 4.78 is 6.45. The molecule has 0 radical (unpaired) electrons. The predicted molar refractivity (Wildman–Crippen MR) is 83.9 cm³/mol. The van der Waals surface area contributed by atoms with Crippen LogP contribution in [0.3, 0.4) is 0 Å². The second-order valence-corrected chi connectivity index (χ2v) is 5.00. The van der Waals surface area contributed by atoms with Gasteiger partial charge in [-0.2, -0.15) is 5.10 Å². The van der Waals surface area contributed by atoms with E-state index < -0.39 is 0 Å². The number of rotatable bonds is 5. The van der Waals surface area contributed by atoms with Gasteiger partial charge < -0.3 is 14.9 Å². The van der Waals surface area contributed by atoms with E-state index in [1.165, 1.54) is 0 Å². The molecule has 2 aromatic heterocycles. The number of benzene rings is 1. The van der Waals surface area contributed by atoms with Crippen LogP contribution in [0.2, 0.25) is 0 Å². The first-order valence-electron chi connectivity index (χ1n) is 7.16. The highest BCUT2D eigenvalue weighted by Gasteiger charge is 2.15. The number of hydrogen-bond acceptors (Lipinski definition) is 5. The number of aliphatic hydroxyl groups excluding tert-OH is 1. The van der Waals surface area contributed by atoms with Crippen LogP contribution < -0.4 is 5.32 Å². The fourth-order valence-corrected chi connectivity index (χ4v) is 2.19. The summed E-state index contributed by atoms with van der Waals surface area (Å²) >= 11 is 0. The molecule has 1 aromatic carbocycles. The van der Waals surface area contributed by atoms with Gasteiger partial charge in [0.15, 0.2) is 5.69 Å². The lowest BCUT2D eigenvalue weighted by Gasteiger charge is -2.05. The predicted octanol–water partition coefficient (Wildman–Crippen LogP) is 2.09. The minimum Gasteiger partial charge on any atom is -0.394 e. The van der Waals surface area contributed by atoms with Crippen molar-refractivity contribution in [3.8, 4) is 11.3 Å². The third-order valence-electron chi connectivity index (χ3n) is 3.26. The molecule has 0 fully saturated rings. The zero-order chi connectivity index (χ0) is 16.2. The molecule has 0 saturated carbocycles. The highest BCUT2D eigenvalue weighted by molar-refractivity contribution is 6.02. The van der Waals surface area contributed by atoms with Crippen molar-refractivity contribution in [2.45, 2.75) is 13.5 Å². The molecular weight excluding hydrogens is 296 g/mol. The van der Waals surface area contributed by atoms with E-state index in [4.69, 9.17) is 4.52 Å². The summed E-state index contributed by atoms with van der Waals surface area (Å²) in [6.07, 6.45) is 0. The van der Waals surface area contributed by atoms with Crippen LogP contribution >= 0.6 is 0 Å². The molecule has 2 heterocycles. The zero-order valence-electron chi connectivity index (χ0n) is 12.6. The summed E-state index contributed by atoms with van der Waals surface area (Å²) in [5, 5.41) is 20.0. The number of carbonyl (C=O) groups excluding carboxylic acids is 1. The van der Waals surface area contributed by atoms with Crippen molar-refractivity contribution < 1.29 is 14.4 Å². The molecule has 7 nitrogen and oxygen atoms in total. The quantitative estimate of drug-likeness (QED) is 0.752. The number of aromatic nitrogens is 3. The van der Waals surface area contributed by atoms with E-state index in [9.17, 15) is 9.90 Å². The number of amides is 1. The topological polar surface area (TPSA) is 93.2 Å². The molecule has 1 amide bonds. The largest absolute Gasteiger partial charge is 0.394 e. The maximum Gasteiger partial charge on any atom is 0.278 e. The Kier molecular flexibility index (Phi) is 4.20. The third kappa shape index (κ3) is 3.29. The Bertz CT molecular complexity index is 808. The fourth-order valence-electron chi connectivity index (χ4n) is 2.19. The van der Waals surface area contributed by atoms with Gasteiger partial charge in [-0.25, -0.2) is 4.68 Å². The number of carbonyl (C=O) groups is 1. The molecule has 118 valence electrons. The Labute approximate surface area is 132 Å². The highest BCUT2D eigenvalue weighted by atomic mass is 16.5. The second kappa shape index (κ2) is 6.45. The van der Waals surface area contributed by atoms with Gasteiger partial charge in [-0.15, -0.1) is 0 Å². The van der Waals surface area contributed by atoms with Crippen molar-refractivity contribution in [3.63, 3.8) is 0 Å². The molecule has 0 atom stereocenters. The summed E-state index contributed by atoms with van der Waals surface area (Å²) in [6.45, 7) is 1.91. The first-order valence-corrected chi connectivity index (χ1v) is 7.16. The van der Waals surface area contributed by atoms with Crippen LogP contribution in [0.4, 0.5) is 5.82 Å². The van der Waals surface area contributed by atoms with Crippen LogP contribution in [-0.2, 0) is 6.54 Å². The summed E-state index contributed by atoms with van der Waals surface area (Å²) in [4.78, 5) is 12.2. The third-order valence-corrected chi connectivity index (χ3v) is 3.26. The molecule has 0 aliphatic heterocycles. The van der Waals surface area contributed by atoms with Crippen molar-refractivity contribution in [1.82, 2.24) is 14.9 Å². The Morgan fingerprint density at radius 2 is 2.09 bits per heavy atom. The number of aliphatic hydroxyl groups is 1. The SMILES string of the molecule is Cc1cc(C(=O)Nc2cc(-c3ccccc3)nn2CCO)no1. The van der Waals surface area contributed by atoms with Gasteiger partial charge in [0.1, 0.15) is 11.6 Å². The highest BCUT2D eigenvalue weighted by Crippen LogP contribution is 2.22. The molecule has 0 unspecified atom stereocenters. The molecule has 0 aliphatic rings. The van der Waals surface area contributed by atoms with Gasteiger partial charge in [-0.1, -0.05) is 35.5 Å². The smallest absolute Gasteiger partial charge is 0.278 e. The monoisotopic (exact) mass is 312 g/mol. The molecule has 0 saturated heterocycles. The Morgan fingerprint density at radius 1 is 1.30 bits per heavy atom. The van der Waals surface area contributed by atoms with E-state index in [1.54, 1.807) is 23.7 Å². The lowest BCUT2D eigenvalue weighted by atomic mass is 10.1. The standard InChI is InChI=1S/C16H16N4O3/c1-11-9-14(19-23-11)16(22)17-15-10-13(18-20(15)7-8-21)12-5-3-2-4-6-12/h2-6,9-10,21H,7-8H2,1H3,(H,17,22). The van der Waals surface area contributed by atoms with Crippen molar-refractivity contribution in [3.05, 3.63) is 53.9 Å². The normalized spacial score (nSPS) is 10.7. The van der Waals surface area contributed by atoms with E-state index >= 15 is 0 Å². The van der Waals surface area contributed by atoms with Gasteiger partial charge in [0.25, 0.3) is 5.91 Å². The maximum absolute atomic E-state index is 12.2. The van der Waals surface area contributed by atoms with E-state index in [0.717, 1.165) is 5.56 Å². The maximum atomic E-state index is 12.2. The zero-order valence-corrected chi connectivity index (χ0v) is 12.6. The van der Waals surface area contributed by atoms with Crippen molar-refractivity contribution in [2.24, 2.45) is 0 Å². The van der Waals surface area contributed by atoms with Gasteiger partial charge in [-0.05, 0) is 6.92 Å². The van der Waals surface area contributed by atoms with E-state index in [1.807, 2.05) is 30.3 Å². The van der Waals surface area contributed by atoms with E-state index in [-0.39, 0.29) is 24.8 Å². The minimum atomic E-state index is -0.388. The summed E-state index contributed by atoms with van der Waals surface area (Å²) in [5.74, 6) is 0.660. The number of nitrogens with zero attached hydrogens (tertiary/aromatic N) is 3. The molecule has 23 heavy (non-hydrogen) atoms.